The van der Waals surface area contributed by atoms with Gasteiger partial charge in [-0.25, -0.2) is 4.79 Å². The number of hydrogen-bond donors (Lipinski definition) is 0. The first kappa shape index (κ1) is 26.7. The number of carbonyl (C=O) groups excluding carboxylic acids is 2. The summed E-state index contributed by atoms with van der Waals surface area (Å²) in [5.74, 6) is 0.0618. The van der Waals surface area contributed by atoms with E-state index in [9.17, 15) is 9.59 Å². The maximum Gasteiger partial charge on any atom is 0.415 e. The fourth-order valence-electron chi connectivity index (χ4n) is 4.84. The zero-order chi connectivity index (χ0) is 26.5. The van der Waals surface area contributed by atoms with E-state index >= 15 is 0 Å². The molecular formula is C28H31ClN2O6. The number of benzene rings is 2. The first-order valence-electron chi connectivity index (χ1n) is 12.2. The normalized spacial score (nSPS) is 18.3. The van der Waals surface area contributed by atoms with Crippen molar-refractivity contribution in [1.82, 2.24) is 4.90 Å². The van der Waals surface area contributed by atoms with Gasteiger partial charge in [-0.1, -0.05) is 47.1 Å². The lowest BCUT2D eigenvalue weighted by Crippen LogP contribution is -2.40. The van der Waals surface area contributed by atoms with Gasteiger partial charge in [-0.15, -0.1) is 0 Å². The Morgan fingerprint density at radius 3 is 2.54 bits per heavy atom. The Hall–Kier alpha value is -3.36. The average Bonchev–Trinajstić information content (AvgIpc) is 3.19. The Morgan fingerprint density at radius 2 is 1.89 bits per heavy atom. The molecule has 1 aliphatic heterocycles. The summed E-state index contributed by atoms with van der Waals surface area (Å²) in [6.45, 7) is 5.44. The van der Waals surface area contributed by atoms with E-state index in [1.807, 2.05) is 43.3 Å². The third-order valence-electron chi connectivity index (χ3n) is 6.55. The molecule has 0 radical (unpaired) electrons. The van der Waals surface area contributed by atoms with Crippen LogP contribution in [0.15, 0.2) is 47.3 Å². The van der Waals surface area contributed by atoms with Crippen molar-refractivity contribution in [2.45, 2.75) is 26.7 Å². The second-order valence-electron chi connectivity index (χ2n) is 9.07. The van der Waals surface area contributed by atoms with Crippen LogP contribution in [0.1, 0.15) is 30.9 Å². The maximum atomic E-state index is 13.8. The van der Waals surface area contributed by atoms with Crippen LogP contribution >= 0.6 is 11.6 Å². The van der Waals surface area contributed by atoms with E-state index in [2.05, 4.69) is 5.16 Å². The van der Waals surface area contributed by atoms with Gasteiger partial charge in [0.2, 0.25) is 0 Å². The first-order chi connectivity index (χ1) is 17.8. The van der Waals surface area contributed by atoms with Crippen molar-refractivity contribution in [2.24, 2.45) is 11.1 Å². The minimum atomic E-state index is -0.504. The average molecular weight is 527 g/mol. The fraction of sp³-hybridized carbons (Fsp3) is 0.393. The van der Waals surface area contributed by atoms with Crippen molar-refractivity contribution in [3.8, 4) is 16.9 Å². The SMILES string of the molecule is CON=C(C)CC1CC(OC(=O)N2CCOCC2)=C(c2c(C)cc(-c3ccccc3)c(Cl)c2OC)C1=O. The number of morpholine rings is 1. The molecule has 0 saturated carbocycles. The van der Waals surface area contributed by atoms with E-state index in [4.69, 9.17) is 30.6 Å². The van der Waals surface area contributed by atoms with Crippen LogP contribution in [0, 0.1) is 12.8 Å². The number of rotatable bonds is 7. The van der Waals surface area contributed by atoms with Gasteiger partial charge >= 0.3 is 6.09 Å². The molecule has 1 amide bonds. The van der Waals surface area contributed by atoms with E-state index in [-0.39, 0.29) is 12.2 Å². The van der Waals surface area contributed by atoms with Gasteiger partial charge < -0.3 is 23.9 Å². The summed E-state index contributed by atoms with van der Waals surface area (Å²) in [4.78, 5) is 33.3. The molecule has 37 heavy (non-hydrogen) atoms. The lowest BCUT2D eigenvalue weighted by atomic mass is 9.90. The number of carbonyl (C=O) groups is 2. The summed E-state index contributed by atoms with van der Waals surface area (Å²) in [5, 5.41) is 4.34. The van der Waals surface area contributed by atoms with Crippen molar-refractivity contribution >= 4 is 34.8 Å². The van der Waals surface area contributed by atoms with Crippen LogP contribution in [-0.2, 0) is 19.1 Å². The summed E-state index contributed by atoms with van der Waals surface area (Å²) < 4.78 is 17.0. The van der Waals surface area contributed by atoms with E-state index < -0.39 is 12.0 Å². The molecular weight excluding hydrogens is 496 g/mol. The highest BCUT2D eigenvalue weighted by Crippen LogP contribution is 2.47. The molecule has 1 atom stereocenters. The fourth-order valence-corrected chi connectivity index (χ4v) is 5.17. The predicted octanol–water partition coefficient (Wildman–Crippen LogP) is 5.51. The van der Waals surface area contributed by atoms with Crippen LogP contribution < -0.4 is 4.74 Å². The third kappa shape index (κ3) is 5.65. The first-order valence-corrected chi connectivity index (χ1v) is 12.5. The standard InChI is InChI=1S/C28H31ClN2O6/c1-17-14-21(19-8-6-5-7-9-19)25(29)27(34-3)23(17)24-22(37-28(33)31-10-12-36-13-11-31)16-20(26(24)32)15-18(2)30-35-4/h5-9,14,20H,10-13,15-16H2,1-4H3. The van der Waals surface area contributed by atoms with Gasteiger partial charge in [-0.05, 0) is 37.5 Å². The van der Waals surface area contributed by atoms with Gasteiger partial charge in [0.25, 0.3) is 0 Å². The number of methoxy groups -OCH3 is 1. The molecule has 1 fully saturated rings. The second kappa shape index (κ2) is 11.8. The largest absolute Gasteiger partial charge is 0.495 e. The van der Waals surface area contributed by atoms with E-state index in [1.165, 1.54) is 14.2 Å². The van der Waals surface area contributed by atoms with Crippen molar-refractivity contribution in [3.63, 3.8) is 0 Å². The summed E-state index contributed by atoms with van der Waals surface area (Å²) >= 11 is 6.86. The van der Waals surface area contributed by atoms with Gasteiger partial charge in [0.15, 0.2) is 5.78 Å². The van der Waals surface area contributed by atoms with Crippen LogP contribution in [-0.4, -0.2) is 63.0 Å². The molecule has 0 aromatic heterocycles. The van der Waals surface area contributed by atoms with Crippen LogP contribution in [0.5, 0.6) is 5.75 Å². The lowest BCUT2D eigenvalue weighted by Gasteiger charge is -2.26. The number of nitrogens with zero attached hydrogens (tertiary/aromatic N) is 2. The van der Waals surface area contributed by atoms with Crippen LogP contribution in [0.2, 0.25) is 5.02 Å². The Bertz CT molecular complexity index is 1230. The number of hydrogen-bond acceptors (Lipinski definition) is 7. The molecule has 8 nitrogen and oxygen atoms in total. The number of allylic oxidation sites excluding steroid dienone is 2. The monoisotopic (exact) mass is 526 g/mol. The zero-order valence-corrected chi connectivity index (χ0v) is 22.3. The second-order valence-corrected chi connectivity index (χ2v) is 9.45. The Balaban J connectivity index is 1.80. The highest BCUT2D eigenvalue weighted by molar-refractivity contribution is 6.36. The van der Waals surface area contributed by atoms with Gasteiger partial charge in [0.1, 0.15) is 18.6 Å². The third-order valence-corrected chi connectivity index (χ3v) is 6.93. The number of halogens is 1. The van der Waals surface area contributed by atoms with Crippen LogP contribution in [0.4, 0.5) is 4.79 Å². The number of Topliss-reactive ketones (excluding diaryl/α,β-unsaturated/α-hetero) is 1. The Labute approximate surface area is 221 Å². The summed E-state index contributed by atoms with van der Waals surface area (Å²) in [5.41, 5.74) is 4.01. The van der Waals surface area contributed by atoms with Gasteiger partial charge in [-0.3, -0.25) is 4.79 Å². The van der Waals surface area contributed by atoms with Gasteiger partial charge in [0.05, 0.1) is 36.6 Å². The Morgan fingerprint density at radius 1 is 1.19 bits per heavy atom. The minimum absolute atomic E-state index is 0.152. The van der Waals surface area contributed by atoms with Crippen molar-refractivity contribution in [2.75, 3.05) is 40.5 Å². The molecule has 0 spiro atoms. The summed E-state index contributed by atoms with van der Waals surface area (Å²) in [6.07, 6.45) is 0.114. The molecule has 0 bridgehead atoms. The molecule has 2 aromatic rings. The molecule has 1 aliphatic carbocycles. The molecule has 4 rings (SSSR count). The predicted molar refractivity (Wildman–Crippen MR) is 142 cm³/mol. The molecule has 1 saturated heterocycles. The minimum Gasteiger partial charge on any atom is -0.495 e. The number of aryl methyl sites for hydroxylation is 1. The molecule has 196 valence electrons. The summed E-state index contributed by atoms with van der Waals surface area (Å²) in [6, 6.07) is 11.7. The Kier molecular flexibility index (Phi) is 8.51. The number of ketones is 1. The lowest BCUT2D eigenvalue weighted by molar-refractivity contribution is -0.116. The molecule has 0 N–H and O–H groups in total. The van der Waals surface area contributed by atoms with Crippen molar-refractivity contribution in [3.05, 3.63) is 58.3 Å². The van der Waals surface area contributed by atoms with Crippen molar-refractivity contribution < 1.29 is 28.6 Å². The van der Waals surface area contributed by atoms with Gasteiger partial charge in [0, 0.05) is 36.6 Å². The molecule has 1 heterocycles. The number of ether oxygens (including phenoxy) is 3. The van der Waals surface area contributed by atoms with Crippen LogP contribution in [0.25, 0.3) is 16.7 Å². The van der Waals surface area contributed by atoms with Gasteiger partial charge in [-0.2, -0.15) is 0 Å². The van der Waals surface area contributed by atoms with E-state index in [1.54, 1.807) is 11.8 Å². The molecule has 2 aromatic carbocycles. The van der Waals surface area contributed by atoms with E-state index in [0.717, 1.165) is 16.7 Å². The van der Waals surface area contributed by atoms with E-state index in [0.29, 0.717) is 66.1 Å². The smallest absolute Gasteiger partial charge is 0.415 e. The molecule has 9 heteroatoms. The topological polar surface area (TPSA) is 86.7 Å². The molecule has 2 aliphatic rings. The number of amides is 1. The highest BCUT2D eigenvalue weighted by Gasteiger charge is 2.40. The highest BCUT2D eigenvalue weighted by atomic mass is 35.5. The quantitative estimate of drug-likeness (QED) is 0.349. The zero-order valence-electron chi connectivity index (χ0n) is 21.5. The maximum absolute atomic E-state index is 13.8. The van der Waals surface area contributed by atoms with Crippen LogP contribution in [0.3, 0.4) is 0 Å². The van der Waals surface area contributed by atoms with Crippen molar-refractivity contribution in [1.29, 1.82) is 0 Å². The molecule has 1 unspecified atom stereocenters. The summed E-state index contributed by atoms with van der Waals surface area (Å²) in [7, 11) is 2.98. The number of oxime groups is 1.